The Hall–Kier alpha value is -0.760. The number of aliphatic carboxylic acids is 1. The maximum atomic E-state index is 10.1. The first-order valence-corrected chi connectivity index (χ1v) is 7.68. The maximum absolute atomic E-state index is 10.1. The number of rotatable bonds is 10. The van der Waals surface area contributed by atoms with Crippen molar-refractivity contribution >= 4 is 27.6 Å². The Morgan fingerprint density at radius 1 is 1.28 bits per heavy atom. The number of nitrogens with zero attached hydrogens (tertiary/aromatic N) is 1. The normalized spacial score (nSPS) is 10.4. The molecular formula is C11H15NO4S2. The first kappa shape index (κ1) is 15.3. The first-order chi connectivity index (χ1) is 8.79. The third-order valence-corrected chi connectivity index (χ3v) is 3.92. The molecule has 1 heterocycles. The number of carboxylic acids is 1. The van der Waals surface area contributed by atoms with Gasteiger partial charge in [-0.1, -0.05) is 16.9 Å². The largest absolute Gasteiger partial charge is 0.480 e. The van der Waals surface area contributed by atoms with E-state index in [0.29, 0.717) is 19.8 Å². The van der Waals surface area contributed by atoms with Crippen LogP contribution in [0.3, 0.4) is 0 Å². The van der Waals surface area contributed by atoms with Gasteiger partial charge in [-0.3, -0.25) is 0 Å². The molecule has 1 aromatic heterocycles. The Bertz CT molecular complexity index is 337. The zero-order valence-corrected chi connectivity index (χ0v) is 11.4. The standard InChI is InChI=1S/C11H15NO4S2/c13-11(14)9-16-6-5-15-7-8-17-18-10-3-1-2-4-12-10/h1-4H,5-9H2,(H,13,14). The van der Waals surface area contributed by atoms with Crippen LogP contribution in [-0.4, -0.2) is 48.2 Å². The van der Waals surface area contributed by atoms with Crippen molar-refractivity contribution in [3.8, 4) is 0 Å². The van der Waals surface area contributed by atoms with Crippen LogP contribution < -0.4 is 0 Å². The van der Waals surface area contributed by atoms with Crippen LogP contribution in [-0.2, 0) is 14.3 Å². The van der Waals surface area contributed by atoms with Gasteiger partial charge in [-0.2, -0.15) is 0 Å². The van der Waals surface area contributed by atoms with Crippen molar-refractivity contribution in [1.29, 1.82) is 0 Å². The highest BCUT2D eigenvalue weighted by Gasteiger charge is 1.97. The van der Waals surface area contributed by atoms with Gasteiger partial charge in [0.25, 0.3) is 0 Å². The van der Waals surface area contributed by atoms with E-state index in [0.717, 1.165) is 10.8 Å². The topological polar surface area (TPSA) is 68.7 Å². The Kier molecular flexibility index (Phi) is 8.66. The molecule has 0 saturated heterocycles. The van der Waals surface area contributed by atoms with Gasteiger partial charge in [-0.05, 0) is 22.9 Å². The minimum absolute atomic E-state index is 0.270. The van der Waals surface area contributed by atoms with Crippen molar-refractivity contribution in [3.05, 3.63) is 24.4 Å². The first-order valence-electron chi connectivity index (χ1n) is 5.37. The summed E-state index contributed by atoms with van der Waals surface area (Å²) >= 11 is 0. The third-order valence-electron chi connectivity index (χ3n) is 1.69. The lowest BCUT2D eigenvalue weighted by molar-refractivity contribution is -0.142. The molecule has 1 N–H and O–H groups in total. The predicted molar refractivity (Wildman–Crippen MR) is 71.8 cm³/mol. The molecule has 0 bridgehead atoms. The molecule has 0 aliphatic rings. The van der Waals surface area contributed by atoms with E-state index < -0.39 is 5.97 Å². The van der Waals surface area contributed by atoms with Gasteiger partial charge in [-0.15, -0.1) is 0 Å². The lowest BCUT2D eigenvalue weighted by atomic mass is 10.5. The number of hydrogen-bond donors (Lipinski definition) is 1. The average Bonchev–Trinajstić information content (AvgIpc) is 2.37. The van der Waals surface area contributed by atoms with Crippen LogP contribution in [0.2, 0.25) is 0 Å². The van der Waals surface area contributed by atoms with Gasteiger partial charge in [0, 0.05) is 11.9 Å². The molecule has 100 valence electrons. The molecule has 0 spiro atoms. The fraction of sp³-hybridized carbons (Fsp3) is 0.455. The fourth-order valence-electron chi connectivity index (χ4n) is 0.971. The summed E-state index contributed by atoms with van der Waals surface area (Å²) in [6.45, 7) is 1.07. The van der Waals surface area contributed by atoms with Crippen molar-refractivity contribution < 1.29 is 19.4 Å². The van der Waals surface area contributed by atoms with Gasteiger partial charge in [0.05, 0.1) is 19.8 Å². The molecule has 0 atom stereocenters. The predicted octanol–water partition coefficient (Wildman–Crippen LogP) is 1.94. The number of carbonyl (C=O) groups is 1. The van der Waals surface area contributed by atoms with E-state index in [1.807, 2.05) is 18.2 Å². The second kappa shape index (κ2) is 10.2. The second-order valence-electron chi connectivity index (χ2n) is 3.13. The summed E-state index contributed by atoms with van der Waals surface area (Å²) in [6, 6.07) is 5.79. The van der Waals surface area contributed by atoms with Crippen LogP contribution in [0.4, 0.5) is 0 Å². The number of hydrogen-bond acceptors (Lipinski definition) is 6. The minimum atomic E-state index is -0.961. The molecule has 0 aliphatic carbocycles. The molecule has 0 aromatic carbocycles. The zero-order valence-electron chi connectivity index (χ0n) is 9.78. The molecule has 1 rings (SSSR count). The molecule has 0 radical (unpaired) electrons. The Morgan fingerprint density at radius 3 is 2.83 bits per heavy atom. The zero-order chi connectivity index (χ0) is 13.1. The molecule has 0 aliphatic heterocycles. The van der Waals surface area contributed by atoms with Gasteiger partial charge < -0.3 is 14.6 Å². The smallest absolute Gasteiger partial charge is 0.329 e. The van der Waals surface area contributed by atoms with Gasteiger partial charge in [-0.25, -0.2) is 9.78 Å². The van der Waals surface area contributed by atoms with Gasteiger partial charge in [0.1, 0.15) is 11.6 Å². The summed E-state index contributed by atoms with van der Waals surface area (Å²) in [5.41, 5.74) is 0. The summed E-state index contributed by atoms with van der Waals surface area (Å²) < 4.78 is 10.1. The van der Waals surface area contributed by atoms with E-state index in [2.05, 4.69) is 4.98 Å². The number of pyridine rings is 1. The van der Waals surface area contributed by atoms with Crippen molar-refractivity contribution in [2.75, 3.05) is 32.2 Å². The summed E-state index contributed by atoms with van der Waals surface area (Å²) in [5, 5.41) is 9.30. The van der Waals surface area contributed by atoms with E-state index in [1.165, 1.54) is 0 Å². The van der Waals surface area contributed by atoms with E-state index >= 15 is 0 Å². The number of ether oxygens (including phenoxy) is 2. The Balaban J connectivity index is 1.86. The fourth-order valence-corrected chi connectivity index (χ4v) is 2.71. The summed E-state index contributed by atoms with van der Waals surface area (Å²) in [6.07, 6.45) is 1.76. The maximum Gasteiger partial charge on any atom is 0.329 e. The van der Waals surface area contributed by atoms with Gasteiger partial charge >= 0.3 is 5.97 Å². The molecule has 18 heavy (non-hydrogen) atoms. The van der Waals surface area contributed by atoms with Crippen LogP contribution in [0.25, 0.3) is 0 Å². The highest BCUT2D eigenvalue weighted by Crippen LogP contribution is 2.28. The molecule has 5 nitrogen and oxygen atoms in total. The molecular weight excluding hydrogens is 274 g/mol. The summed E-state index contributed by atoms with van der Waals surface area (Å²) in [4.78, 5) is 14.3. The highest BCUT2D eigenvalue weighted by atomic mass is 33.1. The van der Waals surface area contributed by atoms with E-state index in [-0.39, 0.29) is 6.61 Å². The van der Waals surface area contributed by atoms with Crippen molar-refractivity contribution in [2.45, 2.75) is 5.03 Å². The lowest BCUT2D eigenvalue weighted by Crippen LogP contribution is -2.12. The Morgan fingerprint density at radius 2 is 2.11 bits per heavy atom. The van der Waals surface area contributed by atoms with Crippen LogP contribution in [0, 0.1) is 0 Å². The van der Waals surface area contributed by atoms with E-state index in [1.54, 1.807) is 27.8 Å². The molecule has 0 saturated carbocycles. The molecule has 0 fully saturated rings. The summed E-state index contributed by atoms with van der Waals surface area (Å²) in [7, 11) is 3.28. The Labute approximate surface area is 114 Å². The minimum Gasteiger partial charge on any atom is -0.480 e. The average molecular weight is 289 g/mol. The van der Waals surface area contributed by atoms with Crippen molar-refractivity contribution in [2.24, 2.45) is 0 Å². The lowest BCUT2D eigenvalue weighted by Gasteiger charge is -2.03. The van der Waals surface area contributed by atoms with Gasteiger partial charge in [0.15, 0.2) is 0 Å². The second-order valence-corrected chi connectivity index (χ2v) is 5.57. The third kappa shape index (κ3) is 8.35. The van der Waals surface area contributed by atoms with Crippen molar-refractivity contribution in [3.63, 3.8) is 0 Å². The molecule has 0 amide bonds. The highest BCUT2D eigenvalue weighted by molar-refractivity contribution is 8.76. The quantitative estimate of drug-likeness (QED) is 0.521. The van der Waals surface area contributed by atoms with Crippen LogP contribution in [0.15, 0.2) is 29.4 Å². The number of aromatic nitrogens is 1. The van der Waals surface area contributed by atoms with E-state index in [9.17, 15) is 4.79 Å². The molecule has 0 unspecified atom stereocenters. The van der Waals surface area contributed by atoms with Crippen LogP contribution >= 0.6 is 21.6 Å². The monoisotopic (exact) mass is 289 g/mol. The summed E-state index contributed by atoms with van der Waals surface area (Å²) in [5.74, 6) is -0.113. The van der Waals surface area contributed by atoms with Gasteiger partial charge in [0.2, 0.25) is 0 Å². The SMILES string of the molecule is O=C(O)COCCOCCSSc1ccccn1. The molecule has 1 aromatic rings. The molecule has 7 heteroatoms. The number of carboxylic acid groups (broad SMARTS) is 1. The van der Waals surface area contributed by atoms with Crippen LogP contribution in [0.1, 0.15) is 0 Å². The van der Waals surface area contributed by atoms with Crippen molar-refractivity contribution in [1.82, 2.24) is 4.98 Å². The van der Waals surface area contributed by atoms with Crippen LogP contribution in [0.5, 0.6) is 0 Å². The van der Waals surface area contributed by atoms with E-state index in [4.69, 9.17) is 14.6 Å².